The predicted molar refractivity (Wildman–Crippen MR) is 30.6 cm³/mol. The highest BCUT2D eigenvalue weighted by atomic mass is 14.6. The Hall–Kier alpha value is -1.28. The number of nitriles is 1. The maximum atomic E-state index is 8.19. The molecule has 0 unspecified atom stereocenters. The Morgan fingerprint density at radius 1 is 1.62 bits per heavy atom. The van der Waals surface area contributed by atoms with Gasteiger partial charge in [0.15, 0.2) is 5.70 Å². The molecule has 40 valence electrons. The molecule has 0 aliphatic carbocycles. The van der Waals surface area contributed by atoms with Gasteiger partial charge in [-0.3, -0.25) is 0 Å². The van der Waals surface area contributed by atoms with Crippen LogP contribution < -0.4 is 0 Å². The van der Waals surface area contributed by atoms with Gasteiger partial charge in [-0.25, -0.2) is 4.85 Å². The van der Waals surface area contributed by atoms with Crippen molar-refractivity contribution in [3.8, 4) is 6.07 Å². The van der Waals surface area contributed by atoms with Gasteiger partial charge >= 0.3 is 0 Å². The Labute approximate surface area is 48.9 Å². The van der Waals surface area contributed by atoms with Gasteiger partial charge in [0, 0.05) is 5.57 Å². The summed E-state index contributed by atoms with van der Waals surface area (Å²) in [5.41, 5.74) is 0.979. The Kier molecular flexibility index (Phi) is 2.37. The molecule has 0 amide bonds. The van der Waals surface area contributed by atoms with E-state index in [-0.39, 0.29) is 0 Å². The van der Waals surface area contributed by atoms with Crippen LogP contribution in [-0.4, -0.2) is 0 Å². The van der Waals surface area contributed by atoms with E-state index in [2.05, 4.69) is 4.85 Å². The van der Waals surface area contributed by atoms with Gasteiger partial charge in [-0.15, -0.1) is 0 Å². The van der Waals surface area contributed by atoms with Crippen molar-refractivity contribution in [2.45, 2.75) is 13.8 Å². The fourth-order valence-electron chi connectivity index (χ4n) is 0.165. The van der Waals surface area contributed by atoms with Gasteiger partial charge in [-0.05, 0) is 13.8 Å². The maximum absolute atomic E-state index is 8.19. The smallest absolute Gasteiger partial charge is 0.175 e. The zero-order valence-electron chi connectivity index (χ0n) is 4.89. The second-order valence-electron chi connectivity index (χ2n) is 1.43. The highest BCUT2D eigenvalue weighted by molar-refractivity contribution is 5.27. The minimum Gasteiger partial charge on any atom is -0.242 e. The molecule has 0 heterocycles. The summed E-state index contributed by atoms with van der Waals surface area (Å²) >= 11 is 0. The van der Waals surface area contributed by atoms with Crippen molar-refractivity contribution in [2.75, 3.05) is 0 Å². The Balaban J connectivity index is 4.41. The average molecular weight is 106 g/mol. The van der Waals surface area contributed by atoms with Gasteiger partial charge in [0.1, 0.15) is 0 Å². The van der Waals surface area contributed by atoms with Gasteiger partial charge in [-0.2, -0.15) is 5.26 Å². The van der Waals surface area contributed by atoms with Crippen molar-refractivity contribution in [1.82, 2.24) is 0 Å². The van der Waals surface area contributed by atoms with Crippen molar-refractivity contribution in [2.24, 2.45) is 0 Å². The number of hydrogen-bond donors (Lipinski definition) is 0. The van der Waals surface area contributed by atoms with Crippen LogP contribution in [0.1, 0.15) is 13.8 Å². The van der Waals surface area contributed by atoms with Gasteiger partial charge < -0.3 is 0 Å². The maximum Gasteiger partial charge on any atom is 0.175 e. The lowest BCUT2D eigenvalue weighted by Crippen LogP contribution is -1.70. The molecule has 0 bridgehead atoms. The van der Waals surface area contributed by atoms with Crippen LogP contribution >= 0.6 is 0 Å². The van der Waals surface area contributed by atoms with Gasteiger partial charge in [0.25, 0.3) is 0 Å². The van der Waals surface area contributed by atoms with Crippen LogP contribution in [0.3, 0.4) is 0 Å². The third-order valence-corrected chi connectivity index (χ3v) is 0.878. The van der Waals surface area contributed by atoms with Crippen molar-refractivity contribution in [3.05, 3.63) is 22.7 Å². The van der Waals surface area contributed by atoms with Crippen molar-refractivity contribution in [3.63, 3.8) is 0 Å². The minimum atomic E-state index is 0.479. The van der Waals surface area contributed by atoms with Crippen LogP contribution in [0, 0.1) is 17.9 Å². The van der Waals surface area contributed by atoms with Gasteiger partial charge in [-0.1, -0.05) is 0 Å². The molecule has 0 fully saturated rings. The van der Waals surface area contributed by atoms with Crippen LogP contribution in [0.4, 0.5) is 0 Å². The fraction of sp³-hybridized carbons (Fsp3) is 0.333. The second kappa shape index (κ2) is 2.82. The lowest BCUT2D eigenvalue weighted by Gasteiger charge is -1.82. The summed E-state index contributed by atoms with van der Waals surface area (Å²) in [5.74, 6) is 0. The van der Waals surface area contributed by atoms with Gasteiger partial charge in [0.05, 0.1) is 12.6 Å². The third kappa shape index (κ3) is 1.45. The SMILES string of the molecule is [C-]#[N+]/C(C)=C(/C)C#N. The molecule has 0 aromatic rings. The minimum absolute atomic E-state index is 0.479. The topological polar surface area (TPSA) is 28.1 Å². The summed E-state index contributed by atoms with van der Waals surface area (Å²) in [6, 6.07) is 1.88. The van der Waals surface area contributed by atoms with Gasteiger partial charge in [0.2, 0.25) is 0 Å². The number of rotatable bonds is 0. The second-order valence-corrected chi connectivity index (χ2v) is 1.43. The van der Waals surface area contributed by atoms with Crippen LogP contribution in [0.2, 0.25) is 0 Å². The van der Waals surface area contributed by atoms with E-state index in [4.69, 9.17) is 11.8 Å². The van der Waals surface area contributed by atoms with E-state index in [1.165, 1.54) is 0 Å². The van der Waals surface area contributed by atoms with E-state index in [1.807, 2.05) is 6.07 Å². The van der Waals surface area contributed by atoms with Crippen molar-refractivity contribution >= 4 is 0 Å². The Morgan fingerprint density at radius 2 is 2.12 bits per heavy atom. The number of allylic oxidation sites excluding steroid dienone is 2. The van der Waals surface area contributed by atoms with E-state index in [1.54, 1.807) is 13.8 Å². The third-order valence-electron chi connectivity index (χ3n) is 0.878. The van der Waals surface area contributed by atoms with Crippen molar-refractivity contribution < 1.29 is 0 Å². The monoisotopic (exact) mass is 106 g/mol. The fourth-order valence-corrected chi connectivity index (χ4v) is 0.165. The van der Waals surface area contributed by atoms with Crippen LogP contribution in [0.5, 0.6) is 0 Å². The molecule has 0 radical (unpaired) electrons. The van der Waals surface area contributed by atoms with E-state index in [0.29, 0.717) is 11.3 Å². The first-order valence-corrected chi connectivity index (χ1v) is 2.17. The standard InChI is InChI=1S/C6H6N2/c1-5(4-7)6(2)8-3/h1-2H3/b6-5-. The van der Waals surface area contributed by atoms with Crippen LogP contribution in [0.25, 0.3) is 4.85 Å². The highest BCUT2D eigenvalue weighted by Gasteiger charge is 1.89. The molecule has 0 aromatic carbocycles. The summed E-state index contributed by atoms with van der Waals surface area (Å²) in [4.78, 5) is 3.07. The normalized spacial score (nSPS) is 11.0. The molecule has 0 aliphatic rings. The lowest BCUT2D eigenvalue weighted by atomic mass is 10.3. The first kappa shape index (κ1) is 6.72. The molecule has 0 saturated heterocycles. The van der Waals surface area contributed by atoms with Crippen LogP contribution in [-0.2, 0) is 0 Å². The lowest BCUT2D eigenvalue weighted by molar-refractivity contribution is 1.36. The largest absolute Gasteiger partial charge is 0.242 e. The van der Waals surface area contributed by atoms with E-state index in [9.17, 15) is 0 Å². The molecule has 8 heavy (non-hydrogen) atoms. The zero-order chi connectivity index (χ0) is 6.57. The molecule has 0 atom stereocenters. The highest BCUT2D eigenvalue weighted by Crippen LogP contribution is 2.00. The van der Waals surface area contributed by atoms with E-state index in [0.717, 1.165) is 0 Å². The first-order chi connectivity index (χ1) is 3.72. The quantitative estimate of drug-likeness (QED) is 0.341. The van der Waals surface area contributed by atoms with E-state index < -0.39 is 0 Å². The summed E-state index contributed by atoms with van der Waals surface area (Å²) < 4.78 is 0. The average Bonchev–Trinajstić information content (AvgIpc) is 1.84. The van der Waals surface area contributed by atoms with Crippen LogP contribution in [0.15, 0.2) is 11.3 Å². The zero-order valence-corrected chi connectivity index (χ0v) is 4.89. The number of nitrogens with zero attached hydrogens (tertiary/aromatic N) is 2. The molecule has 0 saturated carbocycles. The number of hydrogen-bond acceptors (Lipinski definition) is 1. The molecule has 0 N–H and O–H groups in total. The molecule has 2 nitrogen and oxygen atoms in total. The molecule has 0 aromatic heterocycles. The molecule has 0 spiro atoms. The molecule has 0 rings (SSSR count). The Morgan fingerprint density at radius 3 is 2.25 bits per heavy atom. The Bertz CT molecular complexity index is 166. The molecular formula is C6H6N2. The summed E-state index contributed by atoms with van der Waals surface area (Å²) in [6.07, 6.45) is 0. The summed E-state index contributed by atoms with van der Waals surface area (Å²) in [5, 5.41) is 8.19. The van der Waals surface area contributed by atoms with Crippen molar-refractivity contribution in [1.29, 1.82) is 5.26 Å². The summed E-state index contributed by atoms with van der Waals surface area (Å²) in [7, 11) is 0. The molecule has 2 heteroatoms. The van der Waals surface area contributed by atoms with E-state index >= 15 is 0 Å². The molecular weight excluding hydrogens is 100 g/mol. The summed E-state index contributed by atoms with van der Waals surface area (Å²) in [6.45, 7) is 9.72. The molecule has 0 aliphatic heterocycles. The predicted octanol–water partition coefficient (Wildman–Crippen LogP) is 1.72. The first-order valence-electron chi connectivity index (χ1n) is 2.17.